The number of hydrazone groups is 1. The van der Waals surface area contributed by atoms with Crippen molar-refractivity contribution in [3.05, 3.63) is 86.4 Å². The number of fused-ring (bicyclic) bond motifs is 1. The van der Waals surface area contributed by atoms with E-state index in [0.717, 1.165) is 5.56 Å². The van der Waals surface area contributed by atoms with E-state index in [-0.39, 0.29) is 19.9 Å². The van der Waals surface area contributed by atoms with E-state index in [1.807, 2.05) is 0 Å². The number of carbonyl (C=O) groups excluding carboxylic acids is 2. The molecule has 0 spiro atoms. The molecular weight excluding hydrogens is 517 g/mol. The van der Waals surface area contributed by atoms with Crippen LogP contribution in [0.3, 0.4) is 0 Å². The van der Waals surface area contributed by atoms with Crippen molar-refractivity contribution in [1.82, 2.24) is 10.7 Å². The molecule has 0 aromatic heterocycles. The number of carbonyl (C=O) groups is 2. The van der Waals surface area contributed by atoms with E-state index >= 15 is 0 Å². The van der Waals surface area contributed by atoms with Crippen LogP contribution in [0.5, 0.6) is 17.2 Å². The lowest BCUT2D eigenvalue weighted by molar-refractivity contribution is -0.120. The van der Waals surface area contributed by atoms with Crippen molar-refractivity contribution in [2.45, 2.75) is 6.61 Å². The molecule has 2 amide bonds. The molecule has 0 saturated heterocycles. The minimum absolute atomic E-state index is 0.106. The quantitative estimate of drug-likeness (QED) is 0.318. The van der Waals surface area contributed by atoms with Crippen LogP contribution >= 0.6 is 34.8 Å². The number of hydrogen-bond acceptors (Lipinski definition) is 6. The van der Waals surface area contributed by atoms with E-state index < -0.39 is 11.8 Å². The molecule has 2 N–H and O–H groups in total. The molecule has 4 rings (SSSR count). The van der Waals surface area contributed by atoms with E-state index in [0.29, 0.717) is 43.4 Å². The minimum atomic E-state index is -0.521. The van der Waals surface area contributed by atoms with Crippen molar-refractivity contribution in [1.29, 1.82) is 0 Å². The molecule has 1 aliphatic rings. The predicted molar refractivity (Wildman–Crippen MR) is 133 cm³/mol. The van der Waals surface area contributed by atoms with E-state index in [1.54, 1.807) is 54.6 Å². The van der Waals surface area contributed by atoms with Gasteiger partial charge in [-0.05, 0) is 48.5 Å². The molecule has 0 fully saturated rings. The zero-order valence-electron chi connectivity index (χ0n) is 18.0. The molecule has 0 atom stereocenters. The second kappa shape index (κ2) is 11.3. The Morgan fingerprint density at radius 2 is 1.74 bits per heavy atom. The van der Waals surface area contributed by atoms with Gasteiger partial charge in [0.1, 0.15) is 12.4 Å². The third-order valence-electron chi connectivity index (χ3n) is 4.81. The summed E-state index contributed by atoms with van der Waals surface area (Å²) >= 11 is 18.2. The van der Waals surface area contributed by atoms with Crippen LogP contribution in [0.1, 0.15) is 21.5 Å². The van der Waals surface area contributed by atoms with Crippen molar-refractivity contribution >= 4 is 52.8 Å². The van der Waals surface area contributed by atoms with Gasteiger partial charge < -0.3 is 19.5 Å². The predicted octanol–water partition coefficient (Wildman–Crippen LogP) is 4.83. The van der Waals surface area contributed by atoms with Gasteiger partial charge in [-0.25, -0.2) is 5.43 Å². The summed E-state index contributed by atoms with van der Waals surface area (Å²) in [6.07, 6.45) is 1.39. The van der Waals surface area contributed by atoms with Gasteiger partial charge in [-0.2, -0.15) is 5.10 Å². The lowest BCUT2D eigenvalue weighted by Gasteiger charge is -2.11. The zero-order chi connectivity index (χ0) is 24.8. The molecule has 0 unspecified atom stereocenters. The summed E-state index contributed by atoms with van der Waals surface area (Å²) in [6, 6.07) is 14.9. The van der Waals surface area contributed by atoms with E-state index in [4.69, 9.17) is 49.0 Å². The van der Waals surface area contributed by atoms with Crippen molar-refractivity contribution < 1.29 is 23.8 Å². The van der Waals surface area contributed by atoms with Gasteiger partial charge in [0.2, 0.25) is 6.79 Å². The number of rotatable bonds is 8. The van der Waals surface area contributed by atoms with Gasteiger partial charge in [-0.15, -0.1) is 0 Å². The van der Waals surface area contributed by atoms with Crippen molar-refractivity contribution in [2.24, 2.45) is 5.10 Å². The molecular formula is C24H18Cl3N3O5. The average Bonchev–Trinajstić information content (AvgIpc) is 3.31. The van der Waals surface area contributed by atoms with Gasteiger partial charge in [-0.1, -0.05) is 40.9 Å². The summed E-state index contributed by atoms with van der Waals surface area (Å²) in [4.78, 5) is 24.4. The second-order valence-electron chi connectivity index (χ2n) is 7.25. The highest BCUT2D eigenvalue weighted by molar-refractivity contribution is 6.35. The molecule has 1 aliphatic heterocycles. The van der Waals surface area contributed by atoms with Crippen LogP contribution in [0.15, 0.2) is 59.7 Å². The Morgan fingerprint density at radius 1 is 0.971 bits per heavy atom. The summed E-state index contributed by atoms with van der Waals surface area (Å²) in [5.74, 6) is 0.565. The van der Waals surface area contributed by atoms with Crippen LogP contribution in [-0.2, 0) is 11.4 Å². The molecule has 35 heavy (non-hydrogen) atoms. The fourth-order valence-electron chi connectivity index (χ4n) is 3.06. The summed E-state index contributed by atoms with van der Waals surface area (Å²) in [5, 5.41) is 7.92. The van der Waals surface area contributed by atoms with Crippen LogP contribution < -0.4 is 25.0 Å². The third kappa shape index (κ3) is 6.57. The molecule has 180 valence electrons. The summed E-state index contributed by atoms with van der Waals surface area (Å²) in [6.45, 7) is 0.0182. The van der Waals surface area contributed by atoms with Crippen molar-refractivity contribution in [3.8, 4) is 17.2 Å². The molecule has 0 radical (unpaired) electrons. The molecule has 11 heteroatoms. The molecule has 8 nitrogen and oxygen atoms in total. The first-order valence-corrected chi connectivity index (χ1v) is 11.4. The highest BCUT2D eigenvalue weighted by Crippen LogP contribution is 2.32. The number of benzene rings is 3. The normalized spacial score (nSPS) is 12.0. The lowest BCUT2D eigenvalue weighted by Crippen LogP contribution is -2.34. The molecule has 0 saturated carbocycles. The van der Waals surface area contributed by atoms with E-state index in [2.05, 4.69) is 15.8 Å². The van der Waals surface area contributed by atoms with Gasteiger partial charge in [-0.3, -0.25) is 9.59 Å². The Balaban J connectivity index is 1.31. The van der Waals surface area contributed by atoms with Crippen molar-refractivity contribution in [3.63, 3.8) is 0 Å². The molecule has 3 aromatic rings. The third-order valence-corrected chi connectivity index (χ3v) is 5.63. The SMILES string of the molecule is O=C(CNC(=O)c1ccc2c(c1)OCO2)N/N=C/c1cc(Cl)ccc1OCc1ccc(Cl)cc1Cl. The fraction of sp³-hybridized carbons (Fsp3) is 0.125. The summed E-state index contributed by atoms with van der Waals surface area (Å²) in [7, 11) is 0. The first-order chi connectivity index (χ1) is 16.9. The Labute approximate surface area is 215 Å². The maximum Gasteiger partial charge on any atom is 0.259 e. The van der Waals surface area contributed by atoms with Crippen molar-refractivity contribution in [2.75, 3.05) is 13.3 Å². The lowest BCUT2D eigenvalue weighted by atomic mass is 10.2. The maximum absolute atomic E-state index is 12.3. The fourth-order valence-corrected chi connectivity index (χ4v) is 3.70. The number of halogens is 3. The van der Waals surface area contributed by atoms with Crippen LogP contribution in [-0.4, -0.2) is 31.4 Å². The molecule has 3 aromatic carbocycles. The average molecular weight is 535 g/mol. The number of ether oxygens (including phenoxy) is 3. The highest BCUT2D eigenvalue weighted by atomic mass is 35.5. The number of nitrogens with one attached hydrogen (secondary N) is 2. The van der Waals surface area contributed by atoms with Crippen LogP contribution in [0, 0.1) is 0 Å². The topological polar surface area (TPSA) is 98.3 Å². The summed E-state index contributed by atoms with van der Waals surface area (Å²) in [5.41, 5.74) is 3.98. The van der Waals surface area contributed by atoms with Crippen LogP contribution in [0.4, 0.5) is 0 Å². The largest absolute Gasteiger partial charge is 0.488 e. The molecule has 0 aliphatic carbocycles. The smallest absolute Gasteiger partial charge is 0.259 e. The number of hydrogen-bond donors (Lipinski definition) is 2. The van der Waals surface area contributed by atoms with E-state index in [1.165, 1.54) is 6.21 Å². The first-order valence-electron chi connectivity index (χ1n) is 10.2. The molecule has 1 heterocycles. The van der Waals surface area contributed by atoms with Crippen LogP contribution in [0.25, 0.3) is 0 Å². The molecule has 0 bridgehead atoms. The maximum atomic E-state index is 12.3. The van der Waals surface area contributed by atoms with Gasteiger partial charge in [0, 0.05) is 31.8 Å². The van der Waals surface area contributed by atoms with Gasteiger partial charge in [0.05, 0.1) is 12.8 Å². The Morgan fingerprint density at radius 3 is 2.57 bits per heavy atom. The highest BCUT2D eigenvalue weighted by Gasteiger charge is 2.16. The second-order valence-corrected chi connectivity index (χ2v) is 8.53. The monoisotopic (exact) mass is 533 g/mol. The minimum Gasteiger partial charge on any atom is -0.488 e. The number of nitrogens with zero attached hydrogens (tertiary/aromatic N) is 1. The Hall–Kier alpha value is -3.46. The zero-order valence-corrected chi connectivity index (χ0v) is 20.3. The first kappa shape index (κ1) is 24.7. The Kier molecular flexibility index (Phi) is 7.97. The van der Waals surface area contributed by atoms with Gasteiger partial charge in [0.15, 0.2) is 11.5 Å². The van der Waals surface area contributed by atoms with Crippen LogP contribution in [0.2, 0.25) is 15.1 Å². The van der Waals surface area contributed by atoms with E-state index in [9.17, 15) is 9.59 Å². The van der Waals surface area contributed by atoms with Gasteiger partial charge >= 0.3 is 0 Å². The Bertz CT molecular complexity index is 1300. The number of amides is 2. The standard InChI is InChI=1S/C24H18Cl3N3O5/c25-17-4-6-20(33-12-15-1-3-18(26)9-19(15)27)16(7-17)10-29-30-23(31)11-28-24(32)14-2-5-21-22(8-14)35-13-34-21/h1-10H,11-13H2,(H,28,32)(H,30,31)/b29-10+. The van der Waals surface area contributed by atoms with Gasteiger partial charge in [0.25, 0.3) is 11.8 Å². The summed E-state index contributed by atoms with van der Waals surface area (Å²) < 4.78 is 16.3.